The number of hydrogen-bond donors (Lipinski definition) is 3. The second kappa shape index (κ2) is 10.4. The van der Waals surface area contributed by atoms with E-state index in [1.807, 2.05) is 9.80 Å². The van der Waals surface area contributed by atoms with Gasteiger partial charge in [-0.3, -0.25) is 14.4 Å². The molecule has 0 spiro atoms. The number of pyridine rings is 1. The number of carbonyl (C=O) groups is 3. The molecule has 0 radical (unpaired) electrons. The maximum atomic E-state index is 12.7. The highest BCUT2D eigenvalue weighted by Gasteiger charge is 2.25. The van der Waals surface area contributed by atoms with Crippen LogP contribution in [0.3, 0.4) is 0 Å². The lowest BCUT2D eigenvalue weighted by Crippen LogP contribution is -2.36. The minimum Gasteiger partial charge on any atom is -0.365 e. The Morgan fingerprint density at radius 3 is 2.44 bits per heavy atom. The third-order valence-corrected chi connectivity index (χ3v) is 6.23. The number of hydrogen-bond acceptors (Lipinski definition) is 6. The molecule has 4 rings (SSSR count). The largest absolute Gasteiger partial charge is 0.365 e. The summed E-state index contributed by atoms with van der Waals surface area (Å²) in [5, 5.41) is 6.07. The van der Waals surface area contributed by atoms with Crippen molar-refractivity contribution < 1.29 is 14.4 Å². The van der Waals surface area contributed by atoms with Gasteiger partial charge < -0.3 is 26.2 Å². The predicted molar refractivity (Wildman–Crippen MR) is 131 cm³/mol. The summed E-state index contributed by atoms with van der Waals surface area (Å²) < 4.78 is 0. The topological polar surface area (TPSA) is 121 Å². The number of nitrogens with one attached hydrogen (secondary N) is 2. The highest BCUT2D eigenvalue weighted by Crippen LogP contribution is 2.26. The lowest BCUT2D eigenvalue weighted by Gasteiger charge is -2.26. The number of nitrogens with two attached hydrogens (primary N) is 1. The minimum absolute atomic E-state index is 0.00418. The summed E-state index contributed by atoms with van der Waals surface area (Å²) in [4.78, 5) is 44.9. The number of amides is 3. The van der Waals surface area contributed by atoms with E-state index in [2.05, 4.69) is 22.2 Å². The van der Waals surface area contributed by atoms with E-state index < -0.39 is 5.91 Å². The second-order valence-electron chi connectivity index (χ2n) is 8.63. The Morgan fingerprint density at radius 1 is 1.03 bits per heavy atom. The number of carbonyl (C=O) groups excluding carboxylic acids is 3. The van der Waals surface area contributed by atoms with Crippen LogP contribution < -0.4 is 21.3 Å². The molecule has 9 heteroatoms. The molecule has 3 amide bonds. The summed E-state index contributed by atoms with van der Waals surface area (Å²) in [6, 6.07) is 10.6. The van der Waals surface area contributed by atoms with E-state index in [0.717, 1.165) is 38.9 Å². The van der Waals surface area contributed by atoms with E-state index in [0.29, 0.717) is 29.4 Å². The molecule has 3 heterocycles. The van der Waals surface area contributed by atoms with Crippen molar-refractivity contribution in [1.82, 2.24) is 15.2 Å². The van der Waals surface area contributed by atoms with Crippen LogP contribution in [0.25, 0.3) is 0 Å². The highest BCUT2D eigenvalue weighted by atomic mass is 16.2. The van der Waals surface area contributed by atoms with Crippen molar-refractivity contribution in [2.75, 3.05) is 36.4 Å². The van der Waals surface area contributed by atoms with Gasteiger partial charge in [0.25, 0.3) is 11.8 Å². The number of nitrogens with zero attached hydrogens (tertiary/aromatic N) is 3. The summed E-state index contributed by atoms with van der Waals surface area (Å²) in [7, 11) is 0. The SMILES string of the molecule is C=CC(=O)N[C@H]1CCN(c2ccc(C(N)=O)c(Nc3ccc(C(=O)N4CCCCC4)cc3)n2)C1. The van der Waals surface area contributed by atoms with Crippen LogP contribution in [0.5, 0.6) is 0 Å². The highest BCUT2D eigenvalue weighted by molar-refractivity contribution is 5.99. The lowest BCUT2D eigenvalue weighted by molar-refractivity contribution is -0.117. The van der Waals surface area contributed by atoms with Crippen LogP contribution in [0.1, 0.15) is 46.4 Å². The van der Waals surface area contributed by atoms with Crippen LogP contribution in [0.4, 0.5) is 17.3 Å². The average Bonchev–Trinajstić information content (AvgIpc) is 3.32. The van der Waals surface area contributed by atoms with Gasteiger partial charge in [0.2, 0.25) is 5.91 Å². The molecule has 4 N–H and O–H groups in total. The molecule has 1 aromatic carbocycles. The Kier molecular flexibility index (Phi) is 7.10. The number of aromatic nitrogens is 1. The van der Waals surface area contributed by atoms with E-state index in [4.69, 9.17) is 5.73 Å². The zero-order chi connectivity index (χ0) is 24.1. The van der Waals surface area contributed by atoms with Crippen LogP contribution in [0, 0.1) is 0 Å². The molecule has 1 aromatic heterocycles. The monoisotopic (exact) mass is 462 g/mol. The number of likely N-dealkylation sites (tertiary alicyclic amines) is 1. The Balaban J connectivity index is 1.48. The second-order valence-corrected chi connectivity index (χ2v) is 8.63. The van der Waals surface area contributed by atoms with Crippen molar-refractivity contribution in [3.05, 3.63) is 60.2 Å². The van der Waals surface area contributed by atoms with Crippen molar-refractivity contribution in [3.63, 3.8) is 0 Å². The van der Waals surface area contributed by atoms with E-state index in [1.54, 1.807) is 36.4 Å². The molecule has 0 bridgehead atoms. The molecule has 1 atom stereocenters. The van der Waals surface area contributed by atoms with Crippen molar-refractivity contribution >= 4 is 35.0 Å². The fourth-order valence-electron chi connectivity index (χ4n) is 4.38. The van der Waals surface area contributed by atoms with Crippen LogP contribution >= 0.6 is 0 Å². The summed E-state index contributed by atoms with van der Waals surface area (Å²) >= 11 is 0. The Hall–Kier alpha value is -3.88. The van der Waals surface area contributed by atoms with Gasteiger partial charge in [0.15, 0.2) is 0 Å². The van der Waals surface area contributed by atoms with Crippen molar-refractivity contribution in [2.45, 2.75) is 31.7 Å². The average molecular weight is 463 g/mol. The van der Waals surface area contributed by atoms with Crippen LogP contribution in [-0.2, 0) is 4.79 Å². The normalized spacial score (nSPS) is 17.8. The third-order valence-electron chi connectivity index (χ3n) is 6.23. The number of primary amides is 1. The smallest absolute Gasteiger partial charge is 0.253 e. The molecule has 2 aliphatic rings. The van der Waals surface area contributed by atoms with Gasteiger partial charge in [-0.1, -0.05) is 6.58 Å². The van der Waals surface area contributed by atoms with E-state index in [9.17, 15) is 14.4 Å². The zero-order valence-electron chi connectivity index (χ0n) is 19.1. The summed E-state index contributed by atoms with van der Waals surface area (Å²) in [5.74, 6) is 0.277. The Bertz CT molecular complexity index is 1080. The standard InChI is InChI=1S/C25H30N6O3/c1-2-22(32)27-19-12-15-31(16-19)21-11-10-20(23(26)33)24(29-21)28-18-8-6-17(7-9-18)25(34)30-13-4-3-5-14-30/h2,6-11,19H,1,3-5,12-16H2,(H2,26,33)(H,27,32)(H,28,29)/t19-/m0/s1. The molecule has 2 aliphatic heterocycles. The summed E-state index contributed by atoms with van der Waals surface area (Å²) in [5.41, 5.74) is 7.17. The van der Waals surface area contributed by atoms with E-state index in [-0.39, 0.29) is 23.4 Å². The first-order valence-corrected chi connectivity index (χ1v) is 11.6. The third kappa shape index (κ3) is 5.36. The number of piperidine rings is 1. The number of rotatable bonds is 7. The van der Waals surface area contributed by atoms with Gasteiger partial charge >= 0.3 is 0 Å². The van der Waals surface area contributed by atoms with Crippen molar-refractivity contribution in [1.29, 1.82) is 0 Å². The molecule has 2 fully saturated rings. The van der Waals surface area contributed by atoms with Gasteiger partial charge in [0.05, 0.1) is 5.56 Å². The van der Waals surface area contributed by atoms with Gasteiger partial charge in [0.1, 0.15) is 11.6 Å². The van der Waals surface area contributed by atoms with Gasteiger partial charge in [-0.05, 0) is 68.2 Å². The number of benzene rings is 1. The molecule has 2 saturated heterocycles. The van der Waals surface area contributed by atoms with Crippen LogP contribution in [0.2, 0.25) is 0 Å². The van der Waals surface area contributed by atoms with Crippen molar-refractivity contribution in [2.24, 2.45) is 5.73 Å². The molecular formula is C25H30N6O3. The summed E-state index contributed by atoms with van der Waals surface area (Å²) in [6.45, 7) is 6.41. The molecule has 34 heavy (non-hydrogen) atoms. The molecular weight excluding hydrogens is 432 g/mol. The quantitative estimate of drug-likeness (QED) is 0.544. The van der Waals surface area contributed by atoms with E-state index >= 15 is 0 Å². The molecule has 0 saturated carbocycles. The molecule has 9 nitrogen and oxygen atoms in total. The number of anilines is 3. The Morgan fingerprint density at radius 2 is 1.76 bits per heavy atom. The first kappa shape index (κ1) is 23.3. The maximum absolute atomic E-state index is 12.7. The lowest BCUT2D eigenvalue weighted by atomic mass is 10.1. The van der Waals surface area contributed by atoms with E-state index in [1.165, 1.54) is 12.5 Å². The molecule has 0 aliphatic carbocycles. The van der Waals surface area contributed by atoms with Gasteiger partial charge in [0, 0.05) is 43.5 Å². The summed E-state index contributed by atoms with van der Waals surface area (Å²) in [6.07, 6.45) is 5.30. The molecule has 178 valence electrons. The fourth-order valence-corrected chi connectivity index (χ4v) is 4.38. The Labute approximate surface area is 199 Å². The first-order valence-electron chi connectivity index (χ1n) is 11.6. The maximum Gasteiger partial charge on any atom is 0.253 e. The molecule has 0 unspecified atom stereocenters. The van der Waals surface area contributed by atoms with Crippen LogP contribution in [-0.4, -0.2) is 59.8 Å². The minimum atomic E-state index is -0.587. The van der Waals surface area contributed by atoms with Crippen LogP contribution in [0.15, 0.2) is 49.1 Å². The fraction of sp³-hybridized carbons (Fsp3) is 0.360. The van der Waals surface area contributed by atoms with Gasteiger partial charge in [-0.25, -0.2) is 4.98 Å². The van der Waals surface area contributed by atoms with Gasteiger partial charge in [-0.2, -0.15) is 0 Å². The zero-order valence-corrected chi connectivity index (χ0v) is 19.1. The first-order chi connectivity index (χ1) is 16.4. The van der Waals surface area contributed by atoms with Gasteiger partial charge in [-0.15, -0.1) is 0 Å². The van der Waals surface area contributed by atoms with Crippen molar-refractivity contribution in [3.8, 4) is 0 Å². The predicted octanol–water partition coefficient (Wildman–Crippen LogP) is 2.43. The molecule has 2 aromatic rings.